The average molecular weight is 542 g/mol. The summed E-state index contributed by atoms with van der Waals surface area (Å²) in [5.41, 5.74) is -0.854. The smallest absolute Gasteiger partial charge is 0.387 e. The van der Waals surface area contributed by atoms with E-state index in [9.17, 15) is 27.2 Å². The second kappa shape index (κ2) is 11.1. The van der Waals surface area contributed by atoms with E-state index in [0.29, 0.717) is 17.1 Å². The number of aromatic nitrogens is 2. The number of hydrogen-bond acceptors (Lipinski definition) is 6. The number of para-hydroxylation sites is 1. The van der Waals surface area contributed by atoms with Crippen LogP contribution in [0.25, 0.3) is 10.9 Å². The maximum atomic E-state index is 14.6. The molecule has 5 rings (SSSR count). The highest BCUT2D eigenvalue weighted by Crippen LogP contribution is 2.37. The predicted molar refractivity (Wildman–Crippen MR) is 132 cm³/mol. The lowest BCUT2D eigenvalue weighted by atomic mass is 10.0. The minimum atomic E-state index is -3.12. The summed E-state index contributed by atoms with van der Waals surface area (Å²) in [6.07, 6.45) is 1.98. The first kappa shape index (κ1) is 26.2. The molecule has 1 unspecified atom stereocenters. The molecule has 1 fully saturated rings. The summed E-state index contributed by atoms with van der Waals surface area (Å²) < 4.78 is 71.1. The van der Waals surface area contributed by atoms with Crippen molar-refractivity contribution in [2.45, 2.75) is 32.0 Å². The fourth-order valence-corrected chi connectivity index (χ4v) is 4.02. The number of aromatic amines is 1. The molecule has 39 heavy (non-hydrogen) atoms. The number of fused-ring (bicyclic) bond motifs is 1. The van der Waals surface area contributed by atoms with E-state index in [1.807, 2.05) is 4.98 Å². The Balaban J connectivity index is 1.51. The van der Waals surface area contributed by atoms with E-state index in [1.165, 1.54) is 24.4 Å². The molecule has 7 nitrogen and oxygen atoms in total. The van der Waals surface area contributed by atoms with Crippen molar-refractivity contribution in [1.82, 2.24) is 9.97 Å². The predicted octanol–water partition coefficient (Wildman–Crippen LogP) is 5.73. The van der Waals surface area contributed by atoms with E-state index >= 15 is 0 Å². The third kappa shape index (κ3) is 6.19. The van der Waals surface area contributed by atoms with Crippen LogP contribution in [0.5, 0.6) is 11.5 Å². The second-order valence-electron chi connectivity index (χ2n) is 9.11. The van der Waals surface area contributed by atoms with Crippen molar-refractivity contribution in [1.29, 1.82) is 0 Å². The van der Waals surface area contributed by atoms with Gasteiger partial charge in [-0.3, -0.25) is 9.78 Å². The van der Waals surface area contributed by atoms with Crippen LogP contribution in [-0.4, -0.2) is 29.2 Å². The van der Waals surface area contributed by atoms with E-state index < -0.39 is 47.9 Å². The number of alkyl halides is 2. The van der Waals surface area contributed by atoms with Gasteiger partial charge in [-0.15, -0.1) is 0 Å². The van der Waals surface area contributed by atoms with Gasteiger partial charge < -0.3 is 19.2 Å². The molecule has 1 N–H and O–H groups in total. The lowest BCUT2D eigenvalue weighted by molar-refractivity contribution is -0.0515. The minimum Gasteiger partial charge on any atom is -0.489 e. The Morgan fingerprint density at radius 3 is 2.64 bits per heavy atom. The molecule has 0 radical (unpaired) electrons. The van der Waals surface area contributed by atoms with Crippen LogP contribution in [0.2, 0.25) is 0 Å². The number of hydrogen-bond donors (Lipinski definition) is 1. The van der Waals surface area contributed by atoms with Crippen molar-refractivity contribution >= 4 is 16.9 Å². The van der Waals surface area contributed by atoms with E-state index in [4.69, 9.17) is 9.47 Å². The maximum absolute atomic E-state index is 14.6. The molecule has 2 aromatic carbocycles. The van der Waals surface area contributed by atoms with Gasteiger partial charge in [-0.1, -0.05) is 24.3 Å². The highest BCUT2D eigenvalue weighted by atomic mass is 19.3. The first-order chi connectivity index (χ1) is 18.8. The summed E-state index contributed by atoms with van der Waals surface area (Å²) in [4.78, 5) is 31.1. The monoisotopic (exact) mass is 542 g/mol. The van der Waals surface area contributed by atoms with Gasteiger partial charge in [0.05, 0.1) is 17.7 Å². The van der Waals surface area contributed by atoms with Crippen molar-refractivity contribution in [3.8, 4) is 11.5 Å². The molecule has 0 bridgehead atoms. The van der Waals surface area contributed by atoms with Gasteiger partial charge in [-0.05, 0) is 48.6 Å². The summed E-state index contributed by atoms with van der Waals surface area (Å²) in [5, 5.41) is 0.666. The molecule has 0 spiro atoms. The highest BCUT2D eigenvalue weighted by Gasteiger charge is 2.27. The molecule has 4 aromatic rings. The van der Waals surface area contributed by atoms with Gasteiger partial charge in [0.1, 0.15) is 11.9 Å². The van der Waals surface area contributed by atoms with E-state index in [0.717, 1.165) is 12.8 Å². The molecule has 0 amide bonds. The number of esters is 1. The van der Waals surface area contributed by atoms with Crippen molar-refractivity contribution in [3.63, 3.8) is 0 Å². The SMILES string of the molecule is O=C(OC(Cc1c(F)c[nH]c(=O)c1F)c1ccc(OC(F)F)c(OCC2CC2)c1)c1cnc2ccccc2c1. The fraction of sp³-hybridized carbons (Fsp3) is 0.250. The van der Waals surface area contributed by atoms with Crippen LogP contribution in [0.1, 0.15) is 40.4 Å². The molecule has 1 atom stereocenters. The van der Waals surface area contributed by atoms with Gasteiger partial charge in [-0.2, -0.15) is 8.78 Å². The summed E-state index contributed by atoms with van der Waals surface area (Å²) in [7, 11) is 0. The highest BCUT2D eigenvalue weighted by molar-refractivity contribution is 5.93. The fourth-order valence-electron chi connectivity index (χ4n) is 4.02. The number of carbonyl (C=O) groups excluding carboxylic acids is 1. The molecular formula is C28H22F4N2O5. The number of nitrogens with one attached hydrogen (secondary N) is 1. The lowest BCUT2D eigenvalue weighted by Gasteiger charge is -2.21. The first-order valence-electron chi connectivity index (χ1n) is 12.1. The topological polar surface area (TPSA) is 90.5 Å². The van der Waals surface area contributed by atoms with E-state index in [1.54, 1.807) is 30.3 Å². The molecule has 0 aliphatic heterocycles. The van der Waals surface area contributed by atoms with Crippen LogP contribution in [-0.2, 0) is 11.2 Å². The van der Waals surface area contributed by atoms with Gasteiger partial charge in [0.25, 0.3) is 5.56 Å². The van der Waals surface area contributed by atoms with Crippen LogP contribution in [0.3, 0.4) is 0 Å². The number of benzene rings is 2. The van der Waals surface area contributed by atoms with Gasteiger partial charge in [0.2, 0.25) is 0 Å². The number of ether oxygens (including phenoxy) is 3. The van der Waals surface area contributed by atoms with Crippen LogP contribution in [0.15, 0.2) is 65.7 Å². The number of carbonyl (C=O) groups is 1. The Bertz CT molecular complexity index is 1570. The molecule has 2 aromatic heterocycles. The van der Waals surface area contributed by atoms with E-state index in [-0.39, 0.29) is 35.2 Å². The van der Waals surface area contributed by atoms with Gasteiger partial charge >= 0.3 is 12.6 Å². The molecule has 0 saturated heterocycles. The Morgan fingerprint density at radius 2 is 1.87 bits per heavy atom. The van der Waals surface area contributed by atoms with Crippen LogP contribution < -0.4 is 15.0 Å². The molecular weight excluding hydrogens is 520 g/mol. The zero-order chi connectivity index (χ0) is 27.5. The van der Waals surface area contributed by atoms with Gasteiger partial charge in [0, 0.05) is 29.8 Å². The Kier molecular flexibility index (Phi) is 7.49. The van der Waals surface area contributed by atoms with Crippen molar-refractivity contribution in [3.05, 3.63) is 99.6 Å². The Morgan fingerprint density at radius 1 is 1.08 bits per heavy atom. The number of H-pyrrole nitrogens is 1. The maximum Gasteiger partial charge on any atom is 0.387 e. The van der Waals surface area contributed by atoms with E-state index in [2.05, 4.69) is 9.72 Å². The summed E-state index contributed by atoms with van der Waals surface area (Å²) in [5.74, 6) is -3.28. The van der Waals surface area contributed by atoms with Gasteiger partial charge in [-0.25, -0.2) is 13.6 Å². The van der Waals surface area contributed by atoms with Crippen molar-refractivity contribution in [2.24, 2.45) is 5.92 Å². The third-order valence-electron chi connectivity index (χ3n) is 6.27. The van der Waals surface area contributed by atoms with Crippen LogP contribution in [0, 0.1) is 17.6 Å². The summed E-state index contributed by atoms with van der Waals surface area (Å²) >= 11 is 0. The standard InChI is InChI=1S/C28H22F4N2O5/c29-20-13-34-26(35)25(30)19(20)11-23(38-27(36)18-9-16-3-1-2-4-21(16)33-12-18)17-7-8-22(39-28(31)32)24(10-17)37-14-15-5-6-15/h1-4,7-10,12-13,15,23,28H,5-6,11,14H2,(H,34,35). The van der Waals surface area contributed by atoms with Crippen molar-refractivity contribution < 1.29 is 36.6 Å². The Labute approximate surface area is 219 Å². The Hall–Kier alpha value is -4.41. The number of pyridine rings is 2. The molecule has 11 heteroatoms. The quantitative estimate of drug-likeness (QED) is 0.203. The summed E-state index contributed by atoms with van der Waals surface area (Å²) in [6, 6.07) is 12.5. The largest absolute Gasteiger partial charge is 0.489 e. The molecule has 1 aliphatic rings. The lowest BCUT2D eigenvalue weighted by Crippen LogP contribution is -2.20. The summed E-state index contributed by atoms with van der Waals surface area (Å²) in [6.45, 7) is -2.86. The average Bonchev–Trinajstić information content (AvgIpc) is 3.76. The first-order valence-corrected chi connectivity index (χ1v) is 12.1. The second-order valence-corrected chi connectivity index (χ2v) is 9.11. The minimum absolute atomic E-state index is 0.0417. The van der Waals surface area contributed by atoms with Gasteiger partial charge in [0.15, 0.2) is 17.3 Å². The molecule has 1 aliphatic carbocycles. The number of nitrogens with zero attached hydrogens (tertiary/aromatic N) is 1. The van der Waals surface area contributed by atoms with Crippen LogP contribution in [0.4, 0.5) is 17.6 Å². The number of rotatable bonds is 10. The normalized spacial score (nSPS) is 13.9. The molecule has 1 saturated carbocycles. The van der Waals surface area contributed by atoms with Crippen LogP contribution >= 0.6 is 0 Å². The third-order valence-corrected chi connectivity index (χ3v) is 6.27. The zero-order valence-corrected chi connectivity index (χ0v) is 20.3. The number of halogens is 4. The zero-order valence-electron chi connectivity index (χ0n) is 20.3. The molecule has 202 valence electrons. The molecule has 2 heterocycles. The van der Waals surface area contributed by atoms with Crippen molar-refractivity contribution in [2.75, 3.05) is 6.61 Å².